The van der Waals surface area contributed by atoms with E-state index in [1.807, 2.05) is 48.2 Å². The Morgan fingerprint density at radius 1 is 0.865 bits per heavy atom. The van der Waals surface area contributed by atoms with Crippen molar-refractivity contribution in [3.8, 4) is 0 Å². The summed E-state index contributed by atoms with van der Waals surface area (Å²) in [4.78, 5) is 39.8. The molecule has 0 aliphatic carbocycles. The average molecular weight is 499 g/mol. The molecule has 3 N–H and O–H groups in total. The second-order valence-electron chi connectivity index (χ2n) is 9.64. The highest BCUT2D eigenvalue weighted by Gasteiger charge is 2.21. The first-order valence-corrected chi connectivity index (χ1v) is 12.8. The number of hydrogen-bond donors (Lipinski definition) is 3. The molecule has 0 radical (unpaired) electrons. The fraction of sp³-hybridized carbons (Fsp3) is 0.300. The third kappa shape index (κ3) is 7.19. The first kappa shape index (κ1) is 25.9. The second-order valence-corrected chi connectivity index (χ2v) is 9.64. The van der Waals surface area contributed by atoms with Crippen molar-refractivity contribution < 1.29 is 14.4 Å². The minimum absolute atomic E-state index is 0.0357. The molecule has 0 saturated carbocycles. The van der Waals surface area contributed by atoms with Gasteiger partial charge in [0.25, 0.3) is 11.8 Å². The lowest BCUT2D eigenvalue weighted by molar-refractivity contribution is -0.114. The minimum Gasteiger partial charge on any atom is -0.376 e. The molecule has 37 heavy (non-hydrogen) atoms. The molecule has 0 spiro atoms. The first-order chi connectivity index (χ1) is 17.9. The Morgan fingerprint density at radius 3 is 2.27 bits per heavy atom. The van der Waals surface area contributed by atoms with Gasteiger partial charge in [0.1, 0.15) is 0 Å². The molecule has 3 aromatic carbocycles. The predicted octanol–water partition coefficient (Wildman–Crippen LogP) is 5.10. The van der Waals surface area contributed by atoms with Crippen molar-refractivity contribution in [1.82, 2.24) is 10.2 Å². The molecule has 1 fully saturated rings. The smallest absolute Gasteiger partial charge is 0.253 e. The van der Waals surface area contributed by atoms with Crippen LogP contribution in [-0.2, 0) is 4.79 Å². The number of likely N-dealkylation sites (tertiary alicyclic amines) is 1. The van der Waals surface area contributed by atoms with Crippen LogP contribution >= 0.6 is 0 Å². The van der Waals surface area contributed by atoms with Gasteiger partial charge < -0.3 is 20.9 Å². The van der Waals surface area contributed by atoms with Crippen molar-refractivity contribution in [3.05, 3.63) is 95.6 Å². The Kier molecular flexibility index (Phi) is 8.56. The van der Waals surface area contributed by atoms with Gasteiger partial charge in [-0.1, -0.05) is 43.3 Å². The molecule has 3 amide bonds. The lowest BCUT2D eigenvalue weighted by Gasteiger charge is -2.30. The van der Waals surface area contributed by atoms with Gasteiger partial charge in [-0.15, -0.1) is 0 Å². The van der Waals surface area contributed by atoms with Crippen molar-refractivity contribution in [3.63, 3.8) is 0 Å². The Labute approximate surface area is 218 Å². The third-order valence-corrected chi connectivity index (χ3v) is 6.71. The standard InChI is InChI=1S/C30H34N4O3/c1-21-15-17-34(18-16-21)30(37)24-11-13-26(14-12-24)33-28(35)20-31-27-10-6-9-25(19-27)29(36)32-22(2)23-7-4-3-5-8-23/h3-14,19,21-22,31H,15-18,20H2,1-2H3,(H,32,36)(H,33,35). The van der Waals surface area contributed by atoms with Crippen LogP contribution in [0.5, 0.6) is 0 Å². The van der Waals surface area contributed by atoms with Crippen molar-refractivity contribution in [1.29, 1.82) is 0 Å². The van der Waals surface area contributed by atoms with E-state index >= 15 is 0 Å². The summed E-state index contributed by atoms with van der Waals surface area (Å²) in [6.45, 7) is 5.78. The Morgan fingerprint density at radius 2 is 1.57 bits per heavy atom. The van der Waals surface area contributed by atoms with Crippen LogP contribution < -0.4 is 16.0 Å². The minimum atomic E-state index is -0.225. The van der Waals surface area contributed by atoms with Crippen LogP contribution in [0.15, 0.2) is 78.9 Å². The number of benzene rings is 3. The molecular weight excluding hydrogens is 464 g/mol. The van der Waals surface area contributed by atoms with Gasteiger partial charge >= 0.3 is 0 Å². The van der Waals surface area contributed by atoms with Gasteiger partial charge in [-0.2, -0.15) is 0 Å². The van der Waals surface area contributed by atoms with Gasteiger partial charge in [-0.05, 0) is 73.7 Å². The van der Waals surface area contributed by atoms with E-state index < -0.39 is 0 Å². The monoisotopic (exact) mass is 498 g/mol. The summed E-state index contributed by atoms with van der Waals surface area (Å²) in [5.74, 6) is 0.293. The van der Waals surface area contributed by atoms with Crippen molar-refractivity contribution >= 4 is 29.1 Å². The van der Waals surface area contributed by atoms with Gasteiger partial charge in [0.05, 0.1) is 12.6 Å². The van der Waals surface area contributed by atoms with E-state index in [4.69, 9.17) is 0 Å². The summed E-state index contributed by atoms with van der Waals surface area (Å²) in [6.07, 6.45) is 2.07. The summed E-state index contributed by atoms with van der Waals surface area (Å²) in [6, 6.07) is 23.7. The molecule has 1 aliphatic heterocycles. The Balaban J connectivity index is 1.26. The molecule has 3 aromatic rings. The fourth-order valence-corrected chi connectivity index (χ4v) is 4.35. The zero-order valence-electron chi connectivity index (χ0n) is 21.4. The molecule has 7 heteroatoms. The van der Waals surface area contributed by atoms with Crippen LogP contribution in [-0.4, -0.2) is 42.3 Å². The molecule has 0 bridgehead atoms. The Bertz CT molecular complexity index is 1220. The van der Waals surface area contributed by atoms with E-state index in [0.29, 0.717) is 28.4 Å². The molecule has 1 unspecified atom stereocenters. The van der Waals surface area contributed by atoms with Crippen LogP contribution in [0.4, 0.5) is 11.4 Å². The van der Waals surface area contributed by atoms with Crippen LogP contribution in [0.2, 0.25) is 0 Å². The summed E-state index contributed by atoms with van der Waals surface area (Å²) < 4.78 is 0. The maximum Gasteiger partial charge on any atom is 0.253 e. The largest absolute Gasteiger partial charge is 0.376 e. The predicted molar refractivity (Wildman–Crippen MR) is 147 cm³/mol. The van der Waals surface area contributed by atoms with Gasteiger partial charge in [0.2, 0.25) is 5.91 Å². The summed E-state index contributed by atoms with van der Waals surface area (Å²) >= 11 is 0. The van der Waals surface area contributed by atoms with Crippen molar-refractivity contribution in [2.45, 2.75) is 32.7 Å². The van der Waals surface area contributed by atoms with E-state index in [1.165, 1.54) is 0 Å². The molecular formula is C30H34N4O3. The molecule has 7 nitrogen and oxygen atoms in total. The summed E-state index contributed by atoms with van der Waals surface area (Å²) in [5.41, 5.74) is 3.46. The molecule has 1 heterocycles. The number of rotatable bonds is 8. The maximum atomic E-state index is 12.7. The normalized spacial score (nSPS) is 14.5. The molecule has 0 aromatic heterocycles. The number of piperidine rings is 1. The third-order valence-electron chi connectivity index (χ3n) is 6.71. The number of carbonyl (C=O) groups excluding carboxylic acids is 3. The van der Waals surface area contributed by atoms with Crippen LogP contribution in [0.1, 0.15) is 59.0 Å². The maximum absolute atomic E-state index is 12.7. The average Bonchev–Trinajstić information content (AvgIpc) is 2.93. The first-order valence-electron chi connectivity index (χ1n) is 12.8. The van der Waals surface area contributed by atoms with E-state index in [9.17, 15) is 14.4 Å². The molecule has 1 aliphatic rings. The van der Waals surface area contributed by atoms with E-state index in [0.717, 1.165) is 31.5 Å². The zero-order chi connectivity index (χ0) is 26.2. The summed E-state index contributed by atoms with van der Waals surface area (Å²) in [7, 11) is 0. The highest BCUT2D eigenvalue weighted by Crippen LogP contribution is 2.19. The van der Waals surface area contributed by atoms with Gasteiger partial charge in [-0.3, -0.25) is 14.4 Å². The van der Waals surface area contributed by atoms with Crippen LogP contribution in [0.25, 0.3) is 0 Å². The SMILES string of the molecule is CC1CCN(C(=O)c2ccc(NC(=O)CNc3cccc(C(=O)NC(C)c4ccccc4)c3)cc2)CC1. The zero-order valence-corrected chi connectivity index (χ0v) is 21.4. The summed E-state index contributed by atoms with van der Waals surface area (Å²) in [5, 5.41) is 8.91. The van der Waals surface area contributed by atoms with Crippen molar-refractivity contribution in [2.75, 3.05) is 30.3 Å². The number of amides is 3. The highest BCUT2D eigenvalue weighted by molar-refractivity contribution is 5.97. The molecule has 1 atom stereocenters. The van der Waals surface area contributed by atoms with Crippen LogP contribution in [0, 0.1) is 5.92 Å². The fourth-order valence-electron chi connectivity index (χ4n) is 4.35. The van der Waals surface area contributed by atoms with Crippen molar-refractivity contribution in [2.24, 2.45) is 5.92 Å². The number of nitrogens with zero attached hydrogens (tertiary/aromatic N) is 1. The lowest BCUT2D eigenvalue weighted by Crippen LogP contribution is -2.37. The van der Waals surface area contributed by atoms with Crippen LogP contribution in [0.3, 0.4) is 0 Å². The van der Waals surface area contributed by atoms with E-state index in [1.54, 1.807) is 42.5 Å². The lowest BCUT2D eigenvalue weighted by atomic mass is 9.98. The second kappa shape index (κ2) is 12.2. The quantitative estimate of drug-likeness (QED) is 0.403. The number of anilines is 2. The van der Waals surface area contributed by atoms with Gasteiger partial charge in [0.15, 0.2) is 0 Å². The van der Waals surface area contributed by atoms with Gasteiger partial charge in [0, 0.05) is 35.6 Å². The number of carbonyl (C=O) groups is 3. The number of nitrogens with one attached hydrogen (secondary N) is 3. The van der Waals surface area contributed by atoms with Gasteiger partial charge in [-0.25, -0.2) is 0 Å². The topological polar surface area (TPSA) is 90.5 Å². The van der Waals surface area contributed by atoms with E-state index in [2.05, 4.69) is 22.9 Å². The number of hydrogen-bond acceptors (Lipinski definition) is 4. The van der Waals surface area contributed by atoms with E-state index in [-0.39, 0.29) is 30.3 Å². The molecule has 1 saturated heterocycles. The Hall–Kier alpha value is -4.13. The molecule has 192 valence electrons. The molecule has 4 rings (SSSR count). The highest BCUT2D eigenvalue weighted by atomic mass is 16.2.